The molecule has 0 saturated carbocycles. The number of alkyl carbamates (subject to hydrolysis) is 2. The molecule has 2 aromatic heterocycles. The minimum absolute atomic E-state index is 0.130. The summed E-state index contributed by atoms with van der Waals surface area (Å²) in [5, 5.41) is 5.37. The second-order valence-corrected chi connectivity index (χ2v) is 16.5. The molecule has 0 aliphatic carbocycles. The van der Waals surface area contributed by atoms with Gasteiger partial charge < -0.3 is 44.8 Å². The van der Waals surface area contributed by atoms with Gasteiger partial charge in [0.2, 0.25) is 11.8 Å². The van der Waals surface area contributed by atoms with Crippen LogP contribution in [0.1, 0.15) is 112 Å². The lowest BCUT2D eigenvalue weighted by atomic mass is 10.0. The Morgan fingerprint density at radius 2 is 1.21 bits per heavy atom. The van der Waals surface area contributed by atoms with Gasteiger partial charge in [0.25, 0.3) is 5.91 Å². The predicted molar refractivity (Wildman–Crippen MR) is 237 cm³/mol. The topological polar surface area (TPSA) is 195 Å². The van der Waals surface area contributed by atoms with Crippen LogP contribution in [0, 0.1) is 23.7 Å². The highest BCUT2D eigenvalue weighted by Crippen LogP contribution is 2.34. The van der Waals surface area contributed by atoms with E-state index >= 15 is 0 Å². The van der Waals surface area contributed by atoms with E-state index < -0.39 is 24.3 Å². The van der Waals surface area contributed by atoms with Crippen molar-refractivity contribution in [1.29, 1.82) is 0 Å². The van der Waals surface area contributed by atoms with Gasteiger partial charge in [0, 0.05) is 42.9 Å². The fourth-order valence-corrected chi connectivity index (χ4v) is 8.24. The summed E-state index contributed by atoms with van der Waals surface area (Å²) in [5.74, 6) is 7.03. The lowest BCUT2D eigenvalue weighted by molar-refractivity contribution is -0.136. The van der Waals surface area contributed by atoms with Crippen molar-refractivity contribution in [2.75, 3.05) is 40.4 Å². The van der Waals surface area contributed by atoms with Crippen molar-refractivity contribution in [3.8, 4) is 34.4 Å². The maximum Gasteiger partial charge on any atom is 0.407 e. The second kappa shape index (κ2) is 20.5. The molecule has 5 amide bonds. The normalized spacial score (nSPS) is 16.9. The number of amides is 5. The molecule has 4 atom stereocenters. The molecule has 2 aliphatic heterocycles. The second-order valence-electron chi connectivity index (χ2n) is 16.5. The van der Waals surface area contributed by atoms with Crippen LogP contribution >= 0.6 is 0 Å². The van der Waals surface area contributed by atoms with Gasteiger partial charge >= 0.3 is 12.2 Å². The fraction of sp³-hybridized carbons (Fsp3) is 0.468. The number of hydrogen-bond acceptors (Lipinski definition) is 9. The summed E-state index contributed by atoms with van der Waals surface area (Å²) in [6.07, 6.45) is 5.25. The van der Waals surface area contributed by atoms with Crippen LogP contribution in [0.3, 0.4) is 0 Å². The summed E-state index contributed by atoms with van der Waals surface area (Å²) < 4.78 is 9.53. The Bertz CT molecular complexity index is 2340. The molecule has 0 spiro atoms. The Labute approximate surface area is 368 Å². The first-order valence-electron chi connectivity index (χ1n) is 21.7. The summed E-state index contributed by atoms with van der Waals surface area (Å²) >= 11 is 0. The molecule has 0 radical (unpaired) electrons. The van der Waals surface area contributed by atoms with Gasteiger partial charge in [0.1, 0.15) is 23.7 Å². The van der Waals surface area contributed by atoms with Crippen LogP contribution in [0.4, 0.5) is 9.59 Å². The molecule has 4 N–H and O–H groups in total. The zero-order valence-corrected chi connectivity index (χ0v) is 37.4. The van der Waals surface area contributed by atoms with E-state index in [1.165, 1.54) is 14.2 Å². The number of aromatic nitrogens is 4. The smallest absolute Gasteiger partial charge is 0.407 e. The van der Waals surface area contributed by atoms with Crippen LogP contribution in [0.15, 0.2) is 54.9 Å². The molecule has 16 heteroatoms. The number of nitrogens with one attached hydrogen (secondary N) is 4. The van der Waals surface area contributed by atoms with E-state index in [-0.39, 0.29) is 41.6 Å². The first kappa shape index (κ1) is 45.9. The van der Waals surface area contributed by atoms with E-state index in [2.05, 4.69) is 42.4 Å². The van der Waals surface area contributed by atoms with Crippen LogP contribution in [0.5, 0.6) is 0 Å². The van der Waals surface area contributed by atoms with Crippen LogP contribution in [-0.4, -0.2) is 117 Å². The highest BCUT2D eigenvalue weighted by Gasteiger charge is 2.39. The SMILES string of the molecule is CCN(CC)C(=O)c1cc(-c2cnc(C3CCCN3C(=O)[C@@H](NC(=O)OC)C(C)C)[nH]2)ccc1C#Cc1ccc(-c2cnc(C3CCCN3C(=O)[C@@H](NC(=O)OC)C(C)C)[nH]2)cc1. The molecule has 0 bridgehead atoms. The van der Waals surface area contributed by atoms with Gasteiger partial charge in [-0.15, -0.1) is 0 Å². The van der Waals surface area contributed by atoms with Crippen LogP contribution in [0.2, 0.25) is 0 Å². The summed E-state index contributed by atoms with van der Waals surface area (Å²) in [4.78, 5) is 86.8. The van der Waals surface area contributed by atoms with Gasteiger partial charge in [-0.25, -0.2) is 19.6 Å². The highest BCUT2D eigenvalue weighted by molar-refractivity contribution is 5.98. The highest BCUT2D eigenvalue weighted by atomic mass is 16.5. The number of ether oxygens (including phenoxy) is 2. The third kappa shape index (κ3) is 10.4. The Morgan fingerprint density at radius 1 is 0.730 bits per heavy atom. The average Bonchev–Trinajstić information content (AvgIpc) is 4.14. The van der Waals surface area contributed by atoms with Crippen molar-refractivity contribution in [3.63, 3.8) is 0 Å². The lowest BCUT2D eigenvalue weighted by Gasteiger charge is -2.30. The Hall–Kier alpha value is -6.63. The van der Waals surface area contributed by atoms with Gasteiger partial charge in [-0.05, 0) is 81.2 Å². The van der Waals surface area contributed by atoms with Crippen LogP contribution in [-0.2, 0) is 19.1 Å². The van der Waals surface area contributed by atoms with Gasteiger partial charge in [-0.2, -0.15) is 0 Å². The zero-order valence-electron chi connectivity index (χ0n) is 37.4. The van der Waals surface area contributed by atoms with Crippen LogP contribution in [0.25, 0.3) is 22.5 Å². The third-order valence-corrected chi connectivity index (χ3v) is 11.8. The fourth-order valence-electron chi connectivity index (χ4n) is 8.24. The Balaban J connectivity index is 1.20. The number of rotatable bonds is 13. The van der Waals surface area contributed by atoms with Gasteiger partial charge in [-0.3, -0.25) is 14.4 Å². The molecule has 63 heavy (non-hydrogen) atoms. The number of hydrogen-bond donors (Lipinski definition) is 4. The number of carbonyl (C=O) groups is 5. The number of carbonyl (C=O) groups excluding carboxylic acids is 5. The van der Waals surface area contributed by atoms with Crippen molar-refractivity contribution >= 4 is 29.9 Å². The molecule has 16 nitrogen and oxygen atoms in total. The van der Waals surface area contributed by atoms with Crippen molar-refractivity contribution < 1.29 is 33.4 Å². The van der Waals surface area contributed by atoms with Gasteiger partial charge in [-0.1, -0.05) is 57.7 Å². The molecule has 2 aromatic carbocycles. The van der Waals surface area contributed by atoms with Crippen molar-refractivity contribution in [1.82, 2.24) is 45.3 Å². The summed E-state index contributed by atoms with van der Waals surface area (Å²) in [6.45, 7) is 13.6. The molecule has 2 fully saturated rings. The number of imidazole rings is 2. The first-order chi connectivity index (χ1) is 30.3. The minimum atomic E-state index is -0.742. The van der Waals surface area contributed by atoms with Crippen molar-refractivity contribution in [3.05, 3.63) is 83.2 Å². The summed E-state index contributed by atoms with van der Waals surface area (Å²) in [6, 6.07) is 11.3. The lowest BCUT2D eigenvalue weighted by Crippen LogP contribution is -2.51. The maximum absolute atomic E-state index is 13.9. The van der Waals surface area contributed by atoms with Crippen LogP contribution < -0.4 is 10.6 Å². The Morgan fingerprint density at radius 3 is 1.67 bits per heavy atom. The molecule has 334 valence electrons. The van der Waals surface area contributed by atoms with Gasteiger partial charge in [0.05, 0.1) is 55.6 Å². The monoisotopic (exact) mass is 861 g/mol. The predicted octanol–water partition coefficient (Wildman–Crippen LogP) is 6.44. The molecule has 4 heterocycles. The number of aromatic amines is 2. The van der Waals surface area contributed by atoms with E-state index in [0.29, 0.717) is 61.1 Å². The van der Waals surface area contributed by atoms with E-state index in [9.17, 15) is 24.0 Å². The molecule has 2 saturated heterocycles. The molecular formula is C47H59N9O7. The molecule has 4 aromatic rings. The molecular weight excluding hydrogens is 803 g/mol. The largest absolute Gasteiger partial charge is 0.453 e. The van der Waals surface area contributed by atoms with E-state index in [1.807, 2.05) is 84.0 Å². The summed E-state index contributed by atoms with van der Waals surface area (Å²) in [5.41, 5.74) is 4.95. The number of H-pyrrole nitrogens is 2. The van der Waals surface area contributed by atoms with E-state index in [1.54, 1.807) is 27.1 Å². The number of benzene rings is 2. The van der Waals surface area contributed by atoms with E-state index in [4.69, 9.17) is 9.47 Å². The molecule has 2 unspecified atom stereocenters. The maximum atomic E-state index is 13.9. The number of methoxy groups -OCH3 is 2. The number of likely N-dealkylation sites (tertiary alicyclic amines) is 2. The standard InChI is InChI=1S/C47H59N9O7/c1-9-54(10-2)43(57)34-25-33(36-27-49-42(51-36)38-14-12-24-56(38)45(59)40(29(5)6)53-47(61)63-8)22-21-31(34)18-15-30-16-19-32(20-17-30)35-26-48-41(50-35)37-13-11-23-55(37)44(58)39(28(3)4)52-46(60)62-7/h16-17,19-22,25-29,37-40H,9-14,23-24H2,1-8H3,(H,48,50)(H,49,51)(H,52,60)(H,53,61)/t37?,38?,39-,40-/m0/s1. The van der Waals surface area contributed by atoms with Crippen molar-refractivity contribution in [2.45, 2.75) is 91.4 Å². The number of nitrogens with zero attached hydrogens (tertiary/aromatic N) is 5. The first-order valence-corrected chi connectivity index (χ1v) is 21.7. The third-order valence-electron chi connectivity index (χ3n) is 11.8. The van der Waals surface area contributed by atoms with E-state index in [0.717, 1.165) is 41.6 Å². The summed E-state index contributed by atoms with van der Waals surface area (Å²) in [7, 11) is 2.55. The van der Waals surface area contributed by atoms with Crippen molar-refractivity contribution in [2.24, 2.45) is 11.8 Å². The van der Waals surface area contributed by atoms with Gasteiger partial charge in [0.15, 0.2) is 0 Å². The Kier molecular flexibility index (Phi) is 14.9. The quantitative estimate of drug-likeness (QED) is 0.110. The average molecular weight is 862 g/mol. The zero-order chi connectivity index (χ0) is 45.4. The molecule has 6 rings (SSSR count). The molecule has 2 aliphatic rings. The minimum Gasteiger partial charge on any atom is -0.453 e.